The molecule has 0 aliphatic carbocycles. The van der Waals surface area contributed by atoms with E-state index in [-0.39, 0.29) is 4.90 Å². The first-order valence-corrected chi connectivity index (χ1v) is 6.62. The summed E-state index contributed by atoms with van der Waals surface area (Å²) in [6.07, 6.45) is 0. The topological polar surface area (TPSA) is 83.5 Å². The quantitative estimate of drug-likeness (QED) is 0.875. The molecular weight excluding hydrogens is 298 g/mol. The number of hydrogen-bond donors (Lipinski definition) is 2. The zero-order valence-corrected chi connectivity index (χ0v) is 10.7. The summed E-state index contributed by atoms with van der Waals surface area (Å²) < 4.78 is 26.0. The Balaban J connectivity index is 3.04. The lowest BCUT2D eigenvalue weighted by molar-refractivity contribution is -0.138. The molecule has 0 aliphatic heterocycles. The Hall–Kier alpha value is -0.920. The summed E-state index contributed by atoms with van der Waals surface area (Å²) in [7, 11) is -3.81. The average Bonchev–Trinajstić information content (AvgIpc) is 2.17. The Morgan fingerprint density at radius 1 is 1.44 bits per heavy atom. The third-order valence-electron chi connectivity index (χ3n) is 1.83. The van der Waals surface area contributed by atoms with Crippen molar-refractivity contribution in [2.24, 2.45) is 0 Å². The fraction of sp³-hybridized carbons (Fsp3) is 0.222. The van der Waals surface area contributed by atoms with E-state index in [0.717, 1.165) is 0 Å². The maximum absolute atomic E-state index is 11.8. The lowest BCUT2D eigenvalue weighted by atomic mass is 10.4. The second-order valence-corrected chi connectivity index (χ2v) is 5.65. The van der Waals surface area contributed by atoms with Crippen LogP contribution in [-0.2, 0) is 14.8 Å². The van der Waals surface area contributed by atoms with E-state index in [1.807, 2.05) is 0 Å². The molecule has 1 unspecified atom stereocenters. The van der Waals surface area contributed by atoms with Crippen LogP contribution in [0.25, 0.3) is 0 Å². The zero-order valence-electron chi connectivity index (χ0n) is 8.34. The van der Waals surface area contributed by atoms with Gasteiger partial charge in [-0.1, -0.05) is 12.1 Å². The second-order valence-electron chi connectivity index (χ2n) is 3.11. The third-order valence-corrected chi connectivity index (χ3v) is 4.38. The van der Waals surface area contributed by atoms with Crippen LogP contribution in [0.1, 0.15) is 6.92 Å². The molecule has 0 amide bonds. The summed E-state index contributed by atoms with van der Waals surface area (Å²) >= 11 is 3.09. The van der Waals surface area contributed by atoms with Gasteiger partial charge in [-0.3, -0.25) is 4.79 Å². The number of carbonyl (C=O) groups is 1. The molecule has 0 heterocycles. The Labute approximate surface area is 102 Å². The highest BCUT2D eigenvalue weighted by atomic mass is 79.9. The van der Waals surface area contributed by atoms with Crippen molar-refractivity contribution in [3.8, 4) is 0 Å². The van der Waals surface area contributed by atoms with E-state index < -0.39 is 22.0 Å². The van der Waals surface area contributed by atoms with Gasteiger partial charge in [-0.25, -0.2) is 8.42 Å². The molecule has 1 rings (SSSR count). The summed E-state index contributed by atoms with van der Waals surface area (Å²) in [5, 5.41) is 8.62. The highest BCUT2D eigenvalue weighted by Gasteiger charge is 2.22. The van der Waals surface area contributed by atoms with Crippen LogP contribution in [0, 0.1) is 0 Å². The molecule has 1 atom stereocenters. The van der Waals surface area contributed by atoms with Crippen molar-refractivity contribution in [2.75, 3.05) is 0 Å². The number of rotatable bonds is 4. The van der Waals surface area contributed by atoms with Crippen LogP contribution in [0.3, 0.4) is 0 Å². The van der Waals surface area contributed by atoms with Crippen LogP contribution >= 0.6 is 15.9 Å². The van der Waals surface area contributed by atoms with Crippen molar-refractivity contribution in [3.05, 3.63) is 28.7 Å². The van der Waals surface area contributed by atoms with E-state index in [2.05, 4.69) is 20.7 Å². The molecule has 16 heavy (non-hydrogen) atoms. The van der Waals surface area contributed by atoms with E-state index in [9.17, 15) is 13.2 Å². The van der Waals surface area contributed by atoms with Crippen LogP contribution in [0.5, 0.6) is 0 Å². The van der Waals surface area contributed by atoms with Crippen molar-refractivity contribution in [3.63, 3.8) is 0 Å². The predicted molar refractivity (Wildman–Crippen MR) is 61.6 cm³/mol. The van der Waals surface area contributed by atoms with Crippen molar-refractivity contribution in [1.82, 2.24) is 4.72 Å². The first-order valence-electron chi connectivity index (χ1n) is 4.34. The standard InChI is InChI=1S/C9H10BrNO4S/c1-6(9(12)13)11-16(14,15)8-5-3-2-4-7(8)10/h2-6,11H,1H3,(H,12,13). The predicted octanol–water partition coefficient (Wildman–Crippen LogP) is 1.20. The molecule has 1 aromatic carbocycles. The van der Waals surface area contributed by atoms with Crippen LogP contribution < -0.4 is 4.72 Å². The lowest BCUT2D eigenvalue weighted by Gasteiger charge is -2.11. The number of benzene rings is 1. The maximum atomic E-state index is 11.8. The van der Waals surface area contributed by atoms with Crippen LogP contribution in [0.4, 0.5) is 0 Å². The van der Waals surface area contributed by atoms with Crippen molar-refractivity contribution in [2.45, 2.75) is 17.9 Å². The summed E-state index contributed by atoms with van der Waals surface area (Å²) in [6.45, 7) is 1.26. The first-order chi connectivity index (χ1) is 7.34. The van der Waals surface area contributed by atoms with E-state index in [1.54, 1.807) is 18.2 Å². The van der Waals surface area contributed by atoms with Gasteiger partial charge in [0.2, 0.25) is 10.0 Å². The Morgan fingerprint density at radius 2 is 2.00 bits per heavy atom. The van der Waals surface area contributed by atoms with Gasteiger partial charge in [-0.05, 0) is 35.0 Å². The average molecular weight is 308 g/mol. The highest BCUT2D eigenvalue weighted by Crippen LogP contribution is 2.20. The van der Waals surface area contributed by atoms with E-state index in [4.69, 9.17) is 5.11 Å². The van der Waals surface area contributed by atoms with Crippen molar-refractivity contribution < 1.29 is 18.3 Å². The highest BCUT2D eigenvalue weighted by molar-refractivity contribution is 9.10. The number of carboxylic acid groups (broad SMARTS) is 1. The smallest absolute Gasteiger partial charge is 0.321 e. The van der Waals surface area contributed by atoms with E-state index in [0.29, 0.717) is 4.47 Å². The zero-order chi connectivity index (χ0) is 12.3. The normalized spacial score (nSPS) is 13.4. The summed E-state index contributed by atoms with van der Waals surface area (Å²) in [5.41, 5.74) is 0. The molecule has 1 aromatic rings. The van der Waals surface area contributed by atoms with Gasteiger partial charge in [0.15, 0.2) is 0 Å². The molecule has 2 N–H and O–H groups in total. The van der Waals surface area contributed by atoms with Crippen LogP contribution in [-0.4, -0.2) is 25.5 Å². The number of halogens is 1. The molecule has 0 saturated carbocycles. The molecule has 0 aromatic heterocycles. The molecule has 5 nitrogen and oxygen atoms in total. The number of nitrogens with one attached hydrogen (secondary N) is 1. The molecular formula is C9H10BrNO4S. The maximum Gasteiger partial charge on any atom is 0.321 e. The van der Waals surface area contributed by atoms with Crippen molar-refractivity contribution in [1.29, 1.82) is 0 Å². The molecule has 0 fully saturated rings. The summed E-state index contributed by atoms with van der Waals surface area (Å²) in [4.78, 5) is 10.6. The minimum atomic E-state index is -3.81. The van der Waals surface area contributed by atoms with Gasteiger partial charge in [-0.2, -0.15) is 4.72 Å². The number of hydrogen-bond acceptors (Lipinski definition) is 3. The van der Waals surface area contributed by atoms with Gasteiger partial charge in [0.25, 0.3) is 0 Å². The lowest BCUT2D eigenvalue weighted by Crippen LogP contribution is -2.38. The molecule has 88 valence electrons. The first kappa shape index (κ1) is 13.1. The fourth-order valence-corrected chi connectivity index (χ4v) is 3.21. The van der Waals surface area contributed by atoms with Gasteiger partial charge >= 0.3 is 5.97 Å². The molecule has 0 saturated heterocycles. The Bertz CT molecular complexity index is 500. The molecule has 0 radical (unpaired) electrons. The minimum absolute atomic E-state index is 0.0168. The van der Waals surface area contributed by atoms with Gasteiger partial charge in [0.1, 0.15) is 6.04 Å². The fourth-order valence-electron chi connectivity index (χ4n) is 1.01. The van der Waals surface area contributed by atoms with E-state index >= 15 is 0 Å². The third kappa shape index (κ3) is 3.03. The monoisotopic (exact) mass is 307 g/mol. The van der Waals surface area contributed by atoms with Gasteiger partial charge < -0.3 is 5.11 Å². The minimum Gasteiger partial charge on any atom is -0.480 e. The summed E-state index contributed by atoms with van der Waals surface area (Å²) in [6, 6.07) is 5.02. The number of sulfonamides is 1. The second kappa shape index (κ2) is 4.94. The summed E-state index contributed by atoms with van der Waals surface area (Å²) in [5.74, 6) is -1.23. The van der Waals surface area contributed by atoms with Gasteiger partial charge in [0, 0.05) is 4.47 Å². The molecule has 0 bridgehead atoms. The van der Waals surface area contributed by atoms with Gasteiger partial charge in [-0.15, -0.1) is 0 Å². The Kier molecular flexibility index (Phi) is 4.06. The molecule has 0 aliphatic rings. The number of carboxylic acids is 1. The number of aliphatic carboxylic acids is 1. The SMILES string of the molecule is CC(NS(=O)(=O)c1ccccc1Br)C(=O)O. The largest absolute Gasteiger partial charge is 0.480 e. The molecule has 7 heteroatoms. The van der Waals surface area contributed by atoms with E-state index in [1.165, 1.54) is 13.0 Å². The van der Waals surface area contributed by atoms with Gasteiger partial charge in [0.05, 0.1) is 4.90 Å². The molecule has 0 spiro atoms. The Morgan fingerprint density at radius 3 is 2.50 bits per heavy atom. The van der Waals surface area contributed by atoms with Crippen LogP contribution in [0.15, 0.2) is 33.6 Å². The van der Waals surface area contributed by atoms with Crippen LogP contribution in [0.2, 0.25) is 0 Å². The van der Waals surface area contributed by atoms with Crippen molar-refractivity contribution >= 4 is 31.9 Å².